The molecule has 5 unspecified atom stereocenters. The van der Waals surface area contributed by atoms with Crippen LogP contribution < -0.4 is 5.73 Å². The molecule has 3 aliphatic rings. The van der Waals surface area contributed by atoms with Gasteiger partial charge in [0, 0.05) is 30.5 Å². The SMILES string of the molecule is CC1CCC(C)N(C(=O)C2(N)C3CCCOC3C2(C)C)C1. The van der Waals surface area contributed by atoms with Gasteiger partial charge in [-0.1, -0.05) is 20.8 Å². The summed E-state index contributed by atoms with van der Waals surface area (Å²) in [6.45, 7) is 10.3. The van der Waals surface area contributed by atoms with Crippen LogP contribution in [0.3, 0.4) is 0 Å². The van der Waals surface area contributed by atoms with Crippen LogP contribution in [0.25, 0.3) is 0 Å². The number of ether oxygens (including phenoxy) is 1. The average molecular weight is 294 g/mol. The van der Waals surface area contributed by atoms with Gasteiger partial charge in [0.2, 0.25) is 5.91 Å². The third kappa shape index (κ3) is 1.98. The van der Waals surface area contributed by atoms with E-state index < -0.39 is 5.54 Å². The molecule has 0 aromatic carbocycles. The molecule has 0 radical (unpaired) electrons. The molecule has 2 saturated heterocycles. The van der Waals surface area contributed by atoms with E-state index in [1.54, 1.807) is 0 Å². The number of fused-ring (bicyclic) bond motifs is 1. The highest BCUT2D eigenvalue weighted by Gasteiger charge is 2.71. The standard InChI is InChI=1S/C17H30N2O2/c1-11-7-8-12(2)19(10-11)15(20)17(18)13-6-5-9-21-14(13)16(17,3)4/h11-14H,5-10,18H2,1-4H3. The molecule has 120 valence electrons. The van der Waals surface area contributed by atoms with E-state index in [-0.39, 0.29) is 23.3 Å². The lowest BCUT2D eigenvalue weighted by atomic mass is 9.46. The lowest BCUT2D eigenvalue weighted by Crippen LogP contribution is -2.83. The zero-order valence-corrected chi connectivity index (χ0v) is 13.9. The molecule has 1 amide bonds. The van der Waals surface area contributed by atoms with Crippen molar-refractivity contribution in [2.75, 3.05) is 13.2 Å². The van der Waals surface area contributed by atoms with Gasteiger partial charge in [0.15, 0.2) is 0 Å². The average Bonchev–Trinajstić information content (AvgIpc) is 2.48. The normalized spacial score (nSPS) is 45.7. The quantitative estimate of drug-likeness (QED) is 0.806. The minimum atomic E-state index is -0.747. The van der Waals surface area contributed by atoms with Crippen LogP contribution in [0.15, 0.2) is 0 Å². The van der Waals surface area contributed by atoms with E-state index >= 15 is 0 Å². The van der Waals surface area contributed by atoms with Crippen LogP contribution in [0, 0.1) is 17.3 Å². The fourth-order valence-corrected chi connectivity index (χ4v) is 4.82. The first-order valence-corrected chi connectivity index (χ1v) is 8.51. The number of likely N-dealkylation sites (tertiary alicyclic amines) is 1. The molecule has 1 saturated carbocycles. The molecular weight excluding hydrogens is 264 g/mol. The molecule has 3 fully saturated rings. The maximum atomic E-state index is 13.3. The summed E-state index contributed by atoms with van der Waals surface area (Å²) in [6, 6.07) is 0.313. The summed E-state index contributed by atoms with van der Waals surface area (Å²) < 4.78 is 5.92. The number of nitrogens with zero attached hydrogens (tertiary/aromatic N) is 1. The monoisotopic (exact) mass is 294 g/mol. The van der Waals surface area contributed by atoms with Gasteiger partial charge in [0.25, 0.3) is 0 Å². The summed E-state index contributed by atoms with van der Waals surface area (Å²) >= 11 is 0. The van der Waals surface area contributed by atoms with Crippen molar-refractivity contribution in [2.45, 2.75) is 71.1 Å². The number of hydrogen-bond acceptors (Lipinski definition) is 3. The Morgan fingerprint density at radius 1 is 1.24 bits per heavy atom. The molecule has 3 rings (SSSR count). The highest BCUT2D eigenvalue weighted by molar-refractivity contribution is 5.90. The Morgan fingerprint density at radius 2 is 1.95 bits per heavy atom. The van der Waals surface area contributed by atoms with Gasteiger partial charge in [0.05, 0.1) is 6.10 Å². The lowest BCUT2D eigenvalue weighted by molar-refractivity contribution is -0.231. The number of nitrogens with two attached hydrogens (primary N) is 1. The van der Waals surface area contributed by atoms with Crippen molar-refractivity contribution in [3.8, 4) is 0 Å². The van der Waals surface area contributed by atoms with Crippen LogP contribution in [-0.4, -0.2) is 41.6 Å². The molecule has 4 nitrogen and oxygen atoms in total. The van der Waals surface area contributed by atoms with Gasteiger partial charge in [-0.25, -0.2) is 0 Å². The van der Waals surface area contributed by atoms with Crippen LogP contribution in [0.4, 0.5) is 0 Å². The summed E-state index contributed by atoms with van der Waals surface area (Å²) in [5.41, 5.74) is 5.73. The molecular formula is C17H30N2O2. The van der Waals surface area contributed by atoms with Crippen molar-refractivity contribution in [3.05, 3.63) is 0 Å². The van der Waals surface area contributed by atoms with Crippen LogP contribution in [0.2, 0.25) is 0 Å². The molecule has 5 atom stereocenters. The molecule has 0 aromatic heterocycles. The first kappa shape index (κ1) is 15.3. The van der Waals surface area contributed by atoms with Gasteiger partial charge in [-0.05, 0) is 38.5 Å². The Bertz CT molecular complexity index is 437. The van der Waals surface area contributed by atoms with Crippen LogP contribution >= 0.6 is 0 Å². The number of carbonyl (C=O) groups is 1. The van der Waals surface area contributed by atoms with Crippen molar-refractivity contribution in [2.24, 2.45) is 23.0 Å². The second-order valence-corrected chi connectivity index (χ2v) is 8.12. The van der Waals surface area contributed by atoms with E-state index in [9.17, 15) is 4.79 Å². The fourth-order valence-electron chi connectivity index (χ4n) is 4.82. The Kier molecular flexibility index (Phi) is 3.61. The van der Waals surface area contributed by atoms with Gasteiger partial charge in [-0.3, -0.25) is 4.79 Å². The predicted molar refractivity (Wildman–Crippen MR) is 82.7 cm³/mol. The Morgan fingerprint density at radius 3 is 2.67 bits per heavy atom. The smallest absolute Gasteiger partial charge is 0.243 e. The Labute approximate surface area is 128 Å². The van der Waals surface area contributed by atoms with E-state index in [0.717, 1.165) is 32.4 Å². The van der Waals surface area contributed by atoms with E-state index in [1.165, 1.54) is 6.42 Å². The predicted octanol–water partition coefficient (Wildman–Crippen LogP) is 2.17. The van der Waals surface area contributed by atoms with Crippen molar-refractivity contribution in [1.29, 1.82) is 0 Å². The van der Waals surface area contributed by atoms with E-state index in [0.29, 0.717) is 12.0 Å². The third-order valence-corrected chi connectivity index (χ3v) is 6.42. The third-order valence-electron chi connectivity index (χ3n) is 6.42. The van der Waals surface area contributed by atoms with E-state index in [1.807, 2.05) is 0 Å². The number of rotatable bonds is 1. The van der Waals surface area contributed by atoms with Gasteiger partial charge in [0.1, 0.15) is 5.54 Å². The lowest BCUT2D eigenvalue weighted by Gasteiger charge is -2.66. The molecule has 21 heavy (non-hydrogen) atoms. The zero-order chi connectivity index (χ0) is 15.4. The number of amides is 1. The first-order valence-electron chi connectivity index (χ1n) is 8.51. The topological polar surface area (TPSA) is 55.6 Å². The molecule has 1 aliphatic carbocycles. The summed E-state index contributed by atoms with van der Waals surface area (Å²) in [5.74, 6) is 0.937. The van der Waals surface area contributed by atoms with E-state index in [4.69, 9.17) is 10.5 Å². The highest BCUT2D eigenvalue weighted by Crippen LogP contribution is 2.58. The molecule has 4 heteroatoms. The Balaban J connectivity index is 1.85. The van der Waals surface area contributed by atoms with Crippen LogP contribution in [0.1, 0.15) is 53.4 Å². The van der Waals surface area contributed by atoms with Crippen molar-refractivity contribution >= 4 is 5.91 Å². The van der Waals surface area contributed by atoms with Gasteiger partial charge < -0.3 is 15.4 Å². The molecule has 2 aliphatic heterocycles. The van der Waals surface area contributed by atoms with Crippen LogP contribution in [-0.2, 0) is 9.53 Å². The van der Waals surface area contributed by atoms with Crippen molar-refractivity contribution in [3.63, 3.8) is 0 Å². The van der Waals surface area contributed by atoms with Gasteiger partial charge >= 0.3 is 0 Å². The second kappa shape index (κ2) is 4.95. The van der Waals surface area contributed by atoms with Gasteiger partial charge in [-0.2, -0.15) is 0 Å². The van der Waals surface area contributed by atoms with Crippen molar-refractivity contribution < 1.29 is 9.53 Å². The number of hydrogen-bond donors (Lipinski definition) is 1. The first-order chi connectivity index (χ1) is 9.80. The Hall–Kier alpha value is -0.610. The zero-order valence-electron chi connectivity index (χ0n) is 13.9. The minimum absolute atomic E-state index is 0.151. The number of piperidine rings is 1. The molecule has 2 heterocycles. The van der Waals surface area contributed by atoms with Gasteiger partial charge in [-0.15, -0.1) is 0 Å². The molecule has 2 N–H and O–H groups in total. The maximum Gasteiger partial charge on any atom is 0.243 e. The van der Waals surface area contributed by atoms with Crippen LogP contribution in [0.5, 0.6) is 0 Å². The highest BCUT2D eigenvalue weighted by atomic mass is 16.5. The summed E-state index contributed by atoms with van der Waals surface area (Å²) in [5, 5.41) is 0. The summed E-state index contributed by atoms with van der Waals surface area (Å²) in [4.78, 5) is 15.3. The number of carbonyl (C=O) groups excluding carboxylic acids is 1. The second-order valence-electron chi connectivity index (χ2n) is 8.12. The molecule has 0 aromatic rings. The minimum Gasteiger partial charge on any atom is -0.377 e. The fraction of sp³-hybridized carbons (Fsp3) is 0.941. The maximum absolute atomic E-state index is 13.3. The molecule has 0 spiro atoms. The largest absolute Gasteiger partial charge is 0.377 e. The van der Waals surface area contributed by atoms with E-state index in [2.05, 4.69) is 32.6 Å². The summed E-state index contributed by atoms with van der Waals surface area (Å²) in [6.07, 6.45) is 4.50. The molecule has 0 bridgehead atoms. The van der Waals surface area contributed by atoms with Crippen molar-refractivity contribution in [1.82, 2.24) is 4.90 Å². The summed E-state index contributed by atoms with van der Waals surface area (Å²) in [7, 11) is 0.